The minimum Gasteiger partial charge on any atom is -0.465 e. The zero-order valence-corrected chi connectivity index (χ0v) is 12.0. The predicted molar refractivity (Wildman–Crippen MR) is 77.1 cm³/mol. The summed E-state index contributed by atoms with van der Waals surface area (Å²) in [4.78, 5) is 2.58. The van der Waals surface area contributed by atoms with E-state index in [2.05, 4.69) is 29.3 Å². The normalized spacial score (nSPS) is 28.9. The highest BCUT2D eigenvalue weighted by Crippen LogP contribution is 2.25. The van der Waals surface area contributed by atoms with Gasteiger partial charge in [-0.05, 0) is 56.8 Å². The minimum absolute atomic E-state index is 0.769. The van der Waals surface area contributed by atoms with E-state index in [-0.39, 0.29) is 0 Å². The molecule has 1 aromatic rings. The Kier molecular flexibility index (Phi) is 4.24. The van der Waals surface area contributed by atoms with Crippen molar-refractivity contribution in [2.45, 2.75) is 51.6 Å². The molecular formula is C16H26N2O. The van der Waals surface area contributed by atoms with E-state index in [1.807, 2.05) is 0 Å². The Balaban J connectivity index is 1.55. The fourth-order valence-electron chi connectivity index (χ4n) is 3.59. The van der Waals surface area contributed by atoms with Crippen molar-refractivity contribution in [3.8, 4) is 0 Å². The van der Waals surface area contributed by atoms with Crippen LogP contribution in [0.1, 0.15) is 44.1 Å². The van der Waals surface area contributed by atoms with Gasteiger partial charge in [0.25, 0.3) is 0 Å². The van der Waals surface area contributed by atoms with Gasteiger partial charge in [0.15, 0.2) is 0 Å². The predicted octanol–water partition coefficient (Wildman–Crippen LogP) is 2.81. The highest BCUT2D eigenvalue weighted by atomic mass is 16.3. The highest BCUT2D eigenvalue weighted by molar-refractivity contribution is 5.07. The molecule has 3 heterocycles. The molecule has 0 aromatic carbocycles. The molecule has 0 spiro atoms. The molecular weight excluding hydrogens is 236 g/mol. The summed E-state index contributed by atoms with van der Waals surface area (Å²) in [7, 11) is 0. The average molecular weight is 262 g/mol. The summed E-state index contributed by atoms with van der Waals surface area (Å²) in [5.74, 6) is 3.09. The van der Waals surface area contributed by atoms with Crippen LogP contribution in [0.15, 0.2) is 16.5 Å². The summed E-state index contributed by atoms with van der Waals surface area (Å²) in [5, 5.41) is 3.67. The number of aryl methyl sites for hydroxylation is 1. The van der Waals surface area contributed by atoms with Crippen molar-refractivity contribution < 1.29 is 4.42 Å². The molecule has 0 radical (unpaired) electrons. The Hall–Kier alpha value is -0.800. The van der Waals surface area contributed by atoms with Crippen molar-refractivity contribution in [2.24, 2.45) is 5.92 Å². The number of hydrogen-bond donors (Lipinski definition) is 1. The van der Waals surface area contributed by atoms with E-state index in [0.717, 1.165) is 36.4 Å². The van der Waals surface area contributed by atoms with Crippen molar-refractivity contribution in [3.05, 3.63) is 23.7 Å². The van der Waals surface area contributed by atoms with E-state index >= 15 is 0 Å². The fraction of sp³-hybridized carbons (Fsp3) is 0.750. The van der Waals surface area contributed by atoms with E-state index in [9.17, 15) is 0 Å². The molecule has 2 unspecified atom stereocenters. The van der Waals surface area contributed by atoms with E-state index in [1.165, 1.54) is 45.3 Å². The molecule has 0 aliphatic carbocycles. The van der Waals surface area contributed by atoms with Crippen LogP contribution in [0.25, 0.3) is 0 Å². The monoisotopic (exact) mass is 262 g/mol. The lowest BCUT2D eigenvalue weighted by molar-refractivity contribution is 0.136. The van der Waals surface area contributed by atoms with Crippen LogP contribution in [0.3, 0.4) is 0 Å². The molecule has 106 valence electrons. The molecule has 2 fully saturated rings. The van der Waals surface area contributed by atoms with Gasteiger partial charge in [0.2, 0.25) is 0 Å². The summed E-state index contributed by atoms with van der Waals surface area (Å²) in [6.07, 6.45) is 6.46. The molecule has 0 amide bonds. The van der Waals surface area contributed by atoms with E-state index in [1.54, 1.807) is 0 Å². The van der Waals surface area contributed by atoms with Gasteiger partial charge in [-0.2, -0.15) is 0 Å². The number of furan rings is 1. The standard InChI is InChI=1S/C16H26N2O/c1-2-14-7-8-15(19-14)12-18-10-4-5-13(11-18)16-6-3-9-17-16/h7-8,13,16-17H,2-6,9-12H2,1H3. The smallest absolute Gasteiger partial charge is 0.118 e. The lowest BCUT2D eigenvalue weighted by Crippen LogP contribution is -2.43. The van der Waals surface area contributed by atoms with Crippen molar-refractivity contribution in [3.63, 3.8) is 0 Å². The van der Waals surface area contributed by atoms with Crippen LogP contribution in [0.5, 0.6) is 0 Å². The van der Waals surface area contributed by atoms with E-state index in [0.29, 0.717) is 0 Å². The molecule has 3 heteroatoms. The third-order valence-corrected chi connectivity index (χ3v) is 4.65. The van der Waals surface area contributed by atoms with Gasteiger partial charge in [0, 0.05) is 19.0 Å². The van der Waals surface area contributed by atoms with Crippen molar-refractivity contribution in [1.82, 2.24) is 10.2 Å². The Bertz CT molecular complexity index is 395. The number of nitrogens with one attached hydrogen (secondary N) is 1. The average Bonchev–Trinajstić information content (AvgIpc) is 3.10. The third-order valence-electron chi connectivity index (χ3n) is 4.65. The van der Waals surface area contributed by atoms with Crippen LogP contribution < -0.4 is 5.32 Å². The summed E-state index contributed by atoms with van der Waals surface area (Å²) in [6, 6.07) is 5.04. The Morgan fingerprint density at radius 2 is 2.16 bits per heavy atom. The van der Waals surface area contributed by atoms with E-state index in [4.69, 9.17) is 4.42 Å². The van der Waals surface area contributed by atoms with Crippen LogP contribution in [0, 0.1) is 5.92 Å². The van der Waals surface area contributed by atoms with Gasteiger partial charge in [0.1, 0.15) is 11.5 Å². The molecule has 2 saturated heterocycles. The first kappa shape index (κ1) is 13.2. The van der Waals surface area contributed by atoms with E-state index < -0.39 is 0 Å². The zero-order chi connectivity index (χ0) is 13.1. The lowest BCUT2D eigenvalue weighted by atomic mass is 9.90. The Labute approximate surface area is 116 Å². The second-order valence-corrected chi connectivity index (χ2v) is 6.06. The van der Waals surface area contributed by atoms with Crippen LogP contribution in [0.4, 0.5) is 0 Å². The van der Waals surface area contributed by atoms with Crippen molar-refractivity contribution in [1.29, 1.82) is 0 Å². The number of nitrogens with zero attached hydrogens (tertiary/aromatic N) is 1. The van der Waals surface area contributed by atoms with Crippen LogP contribution >= 0.6 is 0 Å². The van der Waals surface area contributed by atoms with Gasteiger partial charge in [-0.1, -0.05) is 6.92 Å². The molecule has 3 nitrogen and oxygen atoms in total. The topological polar surface area (TPSA) is 28.4 Å². The molecule has 1 N–H and O–H groups in total. The summed E-state index contributed by atoms with van der Waals surface area (Å²) >= 11 is 0. The fourth-order valence-corrected chi connectivity index (χ4v) is 3.59. The second kappa shape index (κ2) is 6.10. The SMILES string of the molecule is CCc1ccc(CN2CCCC(C3CCCN3)C2)o1. The van der Waals surface area contributed by atoms with Gasteiger partial charge in [-0.25, -0.2) is 0 Å². The molecule has 2 aliphatic heterocycles. The quantitative estimate of drug-likeness (QED) is 0.904. The number of rotatable bonds is 4. The zero-order valence-electron chi connectivity index (χ0n) is 12.0. The first-order valence-corrected chi connectivity index (χ1v) is 7.88. The first-order chi connectivity index (χ1) is 9.35. The maximum atomic E-state index is 5.84. The Morgan fingerprint density at radius 3 is 2.89 bits per heavy atom. The minimum atomic E-state index is 0.769. The molecule has 3 rings (SSSR count). The third kappa shape index (κ3) is 3.21. The van der Waals surface area contributed by atoms with Gasteiger partial charge < -0.3 is 9.73 Å². The van der Waals surface area contributed by atoms with Crippen LogP contribution in [0.2, 0.25) is 0 Å². The van der Waals surface area contributed by atoms with Crippen molar-refractivity contribution in [2.75, 3.05) is 19.6 Å². The van der Waals surface area contributed by atoms with Gasteiger partial charge in [-0.15, -0.1) is 0 Å². The maximum absolute atomic E-state index is 5.84. The lowest BCUT2D eigenvalue weighted by Gasteiger charge is -2.35. The van der Waals surface area contributed by atoms with Crippen LogP contribution in [-0.2, 0) is 13.0 Å². The molecule has 1 aromatic heterocycles. The summed E-state index contributed by atoms with van der Waals surface area (Å²) in [5.41, 5.74) is 0. The molecule has 2 atom stereocenters. The summed E-state index contributed by atoms with van der Waals surface area (Å²) in [6.45, 7) is 6.82. The largest absolute Gasteiger partial charge is 0.465 e. The number of likely N-dealkylation sites (tertiary alicyclic amines) is 1. The van der Waals surface area contributed by atoms with Crippen molar-refractivity contribution >= 4 is 0 Å². The van der Waals surface area contributed by atoms with Gasteiger partial charge >= 0.3 is 0 Å². The van der Waals surface area contributed by atoms with Gasteiger partial charge in [0.05, 0.1) is 6.54 Å². The number of hydrogen-bond acceptors (Lipinski definition) is 3. The molecule has 0 bridgehead atoms. The highest BCUT2D eigenvalue weighted by Gasteiger charge is 2.29. The Morgan fingerprint density at radius 1 is 1.26 bits per heavy atom. The molecule has 0 saturated carbocycles. The molecule has 19 heavy (non-hydrogen) atoms. The summed E-state index contributed by atoms with van der Waals surface area (Å²) < 4.78 is 5.84. The maximum Gasteiger partial charge on any atom is 0.118 e. The van der Waals surface area contributed by atoms with Crippen LogP contribution in [-0.4, -0.2) is 30.6 Å². The second-order valence-electron chi connectivity index (χ2n) is 6.06. The number of piperidine rings is 1. The van der Waals surface area contributed by atoms with Gasteiger partial charge in [-0.3, -0.25) is 4.90 Å². The molecule has 2 aliphatic rings. The first-order valence-electron chi connectivity index (χ1n) is 7.88.